The summed E-state index contributed by atoms with van der Waals surface area (Å²) < 4.78 is 16.4. The van der Waals surface area contributed by atoms with E-state index in [9.17, 15) is 4.79 Å². The fourth-order valence-electron chi connectivity index (χ4n) is 4.17. The number of nitrogens with one attached hydrogen (secondary N) is 2. The van der Waals surface area contributed by atoms with Crippen LogP contribution in [0.15, 0.2) is 71.5 Å². The Morgan fingerprint density at radius 2 is 1.78 bits per heavy atom. The van der Waals surface area contributed by atoms with Crippen molar-refractivity contribution in [1.29, 1.82) is 0 Å². The molecule has 0 spiro atoms. The van der Waals surface area contributed by atoms with E-state index in [1.807, 2.05) is 59.5 Å². The summed E-state index contributed by atoms with van der Waals surface area (Å²) in [5, 5.41) is 4.74. The second kappa shape index (κ2) is 10.3. The van der Waals surface area contributed by atoms with E-state index >= 15 is 0 Å². The molecular weight excluding hydrogens is 474 g/mol. The number of aromatic amines is 1. The topological polar surface area (TPSA) is 75.8 Å². The van der Waals surface area contributed by atoms with Crippen LogP contribution < -0.4 is 25.1 Å². The van der Waals surface area contributed by atoms with Crippen molar-refractivity contribution in [1.82, 2.24) is 9.88 Å². The van der Waals surface area contributed by atoms with Gasteiger partial charge in [-0.05, 0) is 78.3 Å². The Morgan fingerprint density at radius 3 is 2.56 bits per heavy atom. The van der Waals surface area contributed by atoms with E-state index in [0.717, 1.165) is 40.1 Å². The molecule has 1 aliphatic rings. The number of H-pyrrole nitrogens is 1. The number of aromatic nitrogens is 1. The van der Waals surface area contributed by atoms with E-state index in [0.29, 0.717) is 29.5 Å². The number of pyridine rings is 1. The van der Waals surface area contributed by atoms with Crippen molar-refractivity contribution in [3.63, 3.8) is 0 Å². The number of aryl methyl sites for hydroxylation is 1. The molecule has 0 unspecified atom stereocenters. The Hall–Kier alpha value is -4.04. The zero-order chi connectivity index (χ0) is 25.1. The predicted octanol–water partition coefficient (Wildman–Crippen LogP) is 5.23. The lowest BCUT2D eigenvalue weighted by atomic mass is 10.1. The maximum absolute atomic E-state index is 13.0. The second-order valence-electron chi connectivity index (χ2n) is 8.60. The van der Waals surface area contributed by atoms with Gasteiger partial charge in [0.1, 0.15) is 5.75 Å². The highest BCUT2D eigenvalue weighted by Gasteiger charge is 2.18. The average Bonchev–Trinajstić information content (AvgIpc) is 3.37. The van der Waals surface area contributed by atoms with Crippen molar-refractivity contribution < 1.29 is 14.2 Å². The lowest BCUT2D eigenvalue weighted by Gasteiger charge is -2.26. The van der Waals surface area contributed by atoms with E-state index in [1.165, 1.54) is 5.56 Å². The Balaban J connectivity index is 1.45. The highest BCUT2D eigenvalue weighted by atomic mass is 32.1. The molecule has 7 nitrogen and oxygen atoms in total. The van der Waals surface area contributed by atoms with Gasteiger partial charge in [-0.3, -0.25) is 4.79 Å². The highest BCUT2D eigenvalue weighted by molar-refractivity contribution is 7.80. The van der Waals surface area contributed by atoms with Gasteiger partial charge in [-0.25, -0.2) is 0 Å². The van der Waals surface area contributed by atoms with Crippen molar-refractivity contribution in [2.24, 2.45) is 0 Å². The maximum atomic E-state index is 13.0. The minimum absolute atomic E-state index is 0.154. The third-order valence-corrected chi connectivity index (χ3v) is 6.56. The highest BCUT2D eigenvalue weighted by Crippen LogP contribution is 2.33. The molecule has 3 aromatic carbocycles. The summed E-state index contributed by atoms with van der Waals surface area (Å²) >= 11 is 5.82. The van der Waals surface area contributed by atoms with E-state index in [2.05, 4.69) is 29.4 Å². The van der Waals surface area contributed by atoms with Gasteiger partial charge in [0.2, 0.25) is 6.79 Å². The number of anilines is 1. The van der Waals surface area contributed by atoms with Gasteiger partial charge in [-0.1, -0.05) is 25.1 Å². The Bertz CT molecular complexity index is 1470. The van der Waals surface area contributed by atoms with Crippen molar-refractivity contribution >= 4 is 33.9 Å². The Kier molecular flexibility index (Phi) is 6.77. The minimum Gasteiger partial charge on any atom is -0.497 e. The fraction of sp³-hybridized carbons (Fsp3) is 0.214. The van der Waals surface area contributed by atoms with Crippen LogP contribution in [0.4, 0.5) is 5.69 Å². The first kappa shape index (κ1) is 23.7. The monoisotopic (exact) mass is 501 g/mol. The van der Waals surface area contributed by atoms with Gasteiger partial charge >= 0.3 is 0 Å². The van der Waals surface area contributed by atoms with Gasteiger partial charge in [0, 0.05) is 28.7 Å². The van der Waals surface area contributed by atoms with Crippen LogP contribution in [0.25, 0.3) is 10.9 Å². The zero-order valence-corrected chi connectivity index (χ0v) is 21.0. The number of hydrogen-bond donors (Lipinski definition) is 2. The normalized spacial score (nSPS) is 11.9. The van der Waals surface area contributed by atoms with Gasteiger partial charge < -0.3 is 29.4 Å². The molecule has 0 radical (unpaired) electrons. The van der Waals surface area contributed by atoms with Crippen LogP contribution >= 0.6 is 12.2 Å². The summed E-state index contributed by atoms with van der Waals surface area (Å²) in [5.74, 6) is 2.16. The largest absolute Gasteiger partial charge is 0.497 e. The third-order valence-electron chi connectivity index (χ3n) is 6.20. The van der Waals surface area contributed by atoms with Gasteiger partial charge in [0.15, 0.2) is 16.6 Å². The van der Waals surface area contributed by atoms with Crippen LogP contribution in [0.2, 0.25) is 0 Å². The van der Waals surface area contributed by atoms with E-state index < -0.39 is 0 Å². The smallest absolute Gasteiger partial charge is 0.253 e. The molecule has 0 bridgehead atoms. The fourth-order valence-corrected chi connectivity index (χ4v) is 4.41. The van der Waals surface area contributed by atoms with Crippen molar-refractivity contribution in [2.45, 2.75) is 26.4 Å². The van der Waals surface area contributed by atoms with E-state index in [1.54, 1.807) is 7.11 Å². The predicted molar refractivity (Wildman–Crippen MR) is 145 cm³/mol. The number of methoxy groups -OCH3 is 1. The third kappa shape index (κ3) is 5.13. The summed E-state index contributed by atoms with van der Waals surface area (Å²) in [6.07, 6.45) is 0.969. The molecule has 0 fully saturated rings. The first-order valence-corrected chi connectivity index (χ1v) is 12.2. The molecule has 0 saturated carbocycles. The minimum atomic E-state index is -0.154. The maximum Gasteiger partial charge on any atom is 0.253 e. The van der Waals surface area contributed by atoms with Gasteiger partial charge in [0.05, 0.1) is 13.7 Å². The molecular formula is C28H27N3O4S. The molecule has 0 saturated heterocycles. The first-order chi connectivity index (χ1) is 17.5. The summed E-state index contributed by atoms with van der Waals surface area (Å²) in [6, 6.07) is 21.5. The summed E-state index contributed by atoms with van der Waals surface area (Å²) in [5.41, 5.74) is 4.33. The standard InChI is InChI=1S/C28H27N3O4S/c1-3-18-4-7-22(8-5-18)29-28(36)31(15-19-6-11-25-26(12-19)35-17-34-25)16-21-13-20-14-23(33-2)9-10-24(20)30-27(21)32/h4-14H,3,15-17H2,1-2H3,(H,29,36)(H,30,32). The van der Waals surface area contributed by atoms with Gasteiger partial charge in [0.25, 0.3) is 5.56 Å². The number of thiocarbonyl (C=S) groups is 1. The molecule has 5 rings (SSSR count). The van der Waals surface area contributed by atoms with E-state index in [4.69, 9.17) is 26.4 Å². The van der Waals surface area contributed by atoms with Crippen LogP contribution in [0, 0.1) is 0 Å². The quantitative estimate of drug-likeness (QED) is 0.336. The van der Waals surface area contributed by atoms with Gasteiger partial charge in [-0.15, -0.1) is 0 Å². The summed E-state index contributed by atoms with van der Waals surface area (Å²) in [6.45, 7) is 3.13. The van der Waals surface area contributed by atoms with Crippen LogP contribution in [-0.4, -0.2) is 28.9 Å². The lowest BCUT2D eigenvalue weighted by Crippen LogP contribution is -2.35. The Labute approximate surface area is 214 Å². The van der Waals surface area contributed by atoms with E-state index in [-0.39, 0.29) is 12.4 Å². The van der Waals surface area contributed by atoms with Crippen molar-refractivity contribution in [3.05, 3.63) is 93.8 Å². The lowest BCUT2D eigenvalue weighted by molar-refractivity contribution is 0.174. The number of ether oxygens (including phenoxy) is 3. The first-order valence-electron chi connectivity index (χ1n) is 11.8. The molecule has 2 heterocycles. The molecule has 1 aliphatic heterocycles. The average molecular weight is 502 g/mol. The number of rotatable bonds is 7. The SMILES string of the molecule is CCc1ccc(NC(=S)N(Cc2ccc3c(c2)OCO3)Cc2cc3cc(OC)ccc3[nH]c2=O)cc1. The van der Waals surface area contributed by atoms with Crippen LogP contribution in [-0.2, 0) is 19.5 Å². The second-order valence-corrected chi connectivity index (χ2v) is 8.99. The van der Waals surface area contributed by atoms with Crippen LogP contribution in [0.5, 0.6) is 17.2 Å². The number of hydrogen-bond acceptors (Lipinski definition) is 5. The number of nitrogens with zero attached hydrogens (tertiary/aromatic N) is 1. The van der Waals surface area contributed by atoms with Crippen molar-refractivity contribution in [2.75, 3.05) is 19.2 Å². The molecule has 0 amide bonds. The summed E-state index contributed by atoms with van der Waals surface area (Å²) in [7, 11) is 1.62. The van der Waals surface area contributed by atoms with Crippen molar-refractivity contribution in [3.8, 4) is 17.2 Å². The molecule has 4 aromatic rings. The molecule has 2 N–H and O–H groups in total. The molecule has 36 heavy (non-hydrogen) atoms. The molecule has 0 atom stereocenters. The number of benzene rings is 3. The van der Waals surface area contributed by atoms with Gasteiger partial charge in [-0.2, -0.15) is 0 Å². The molecule has 0 aliphatic carbocycles. The number of fused-ring (bicyclic) bond motifs is 2. The Morgan fingerprint density at radius 1 is 1.00 bits per heavy atom. The van der Waals surface area contributed by atoms with Crippen LogP contribution in [0.3, 0.4) is 0 Å². The molecule has 1 aromatic heterocycles. The van der Waals surface area contributed by atoms with Crippen LogP contribution in [0.1, 0.15) is 23.6 Å². The summed E-state index contributed by atoms with van der Waals surface area (Å²) in [4.78, 5) is 17.9. The molecule has 8 heteroatoms. The zero-order valence-electron chi connectivity index (χ0n) is 20.2. The molecule has 184 valence electrons.